The van der Waals surface area contributed by atoms with Crippen LogP contribution in [-0.4, -0.2) is 21.1 Å². The van der Waals surface area contributed by atoms with Crippen LogP contribution in [0, 0.1) is 0 Å². The number of imidazole rings is 1. The summed E-state index contributed by atoms with van der Waals surface area (Å²) in [5, 5.41) is 2.75. The van der Waals surface area contributed by atoms with Gasteiger partial charge in [0.15, 0.2) is 0 Å². The number of aryl methyl sites for hydroxylation is 1. The Morgan fingerprint density at radius 1 is 1.38 bits per heavy atom. The number of nitrogens with zero attached hydrogens (tertiary/aromatic N) is 2. The van der Waals surface area contributed by atoms with E-state index in [0.717, 1.165) is 6.42 Å². The Bertz CT molecular complexity index is 404. The third kappa shape index (κ3) is 3.25. The maximum absolute atomic E-state index is 11.7. The molecule has 0 aliphatic rings. The first-order valence-electron chi connectivity index (χ1n) is 5.59. The third-order valence-electron chi connectivity index (χ3n) is 2.15. The first-order valence-corrected chi connectivity index (χ1v) is 5.59. The number of carbonyl (C=O) groups excluding carboxylic acids is 1. The van der Waals surface area contributed by atoms with Gasteiger partial charge in [0.05, 0.1) is 0 Å². The number of nitrogens with one attached hydrogen (secondary N) is 1. The van der Waals surface area contributed by atoms with Gasteiger partial charge in [-0.05, 0) is 20.3 Å². The molecular formula is C11H19N3O2. The van der Waals surface area contributed by atoms with Crippen LogP contribution in [-0.2, 0) is 17.9 Å². The highest BCUT2D eigenvalue weighted by Crippen LogP contribution is 1.89. The van der Waals surface area contributed by atoms with Gasteiger partial charge in [0.2, 0.25) is 5.91 Å². The first kappa shape index (κ1) is 12.5. The lowest BCUT2D eigenvalue weighted by Crippen LogP contribution is -2.36. The van der Waals surface area contributed by atoms with E-state index in [1.165, 1.54) is 4.57 Å². The molecule has 0 aromatic carbocycles. The van der Waals surface area contributed by atoms with Crippen molar-refractivity contribution in [2.45, 2.75) is 46.3 Å². The summed E-state index contributed by atoms with van der Waals surface area (Å²) in [6, 6.07) is 0.0981. The number of hydrogen-bond donors (Lipinski definition) is 1. The molecule has 1 heterocycles. The molecule has 16 heavy (non-hydrogen) atoms. The summed E-state index contributed by atoms with van der Waals surface area (Å²) in [5.41, 5.74) is -0.124. The molecule has 0 saturated carbocycles. The standard InChI is InChI=1S/C11H19N3O2/c1-4-5-13-6-7-14(11(13)16)8-10(15)12-9(2)3/h6-7,9H,4-5,8H2,1-3H3,(H,12,15). The molecule has 1 amide bonds. The van der Waals surface area contributed by atoms with Crippen LogP contribution in [0.1, 0.15) is 27.2 Å². The Balaban J connectivity index is 2.68. The molecule has 1 rings (SSSR count). The molecule has 1 N–H and O–H groups in total. The van der Waals surface area contributed by atoms with Crippen molar-refractivity contribution in [3.05, 3.63) is 22.9 Å². The SMILES string of the molecule is CCCn1ccn(CC(=O)NC(C)C)c1=O. The molecule has 0 atom stereocenters. The zero-order valence-electron chi connectivity index (χ0n) is 10.1. The molecule has 0 aliphatic heterocycles. The molecular weight excluding hydrogens is 206 g/mol. The average molecular weight is 225 g/mol. The van der Waals surface area contributed by atoms with Gasteiger partial charge in [-0.15, -0.1) is 0 Å². The van der Waals surface area contributed by atoms with Crippen LogP contribution in [0.25, 0.3) is 0 Å². The van der Waals surface area contributed by atoms with Crippen LogP contribution in [0.2, 0.25) is 0 Å². The Morgan fingerprint density at radius 3 is 2.56 bits per heavy atom. The second kappa shape index (κ2) is 5.53. The summed E-state index contributed by atoms with van der Waals surface area (Å²) in [4.78, 5) is 23.2. The molecule has 5 heteroatoms. The van der Waals surface area contributed by atoms with E-state index >= 15 is 0 Å². The van der Waals surface area contributed by atoms with Crippen molar-refractivity contribution in [3.8, 4) is 0 Å². The monoisotopic (exact) mass is 225 g/mol. The van der Waals surface area contributed by atoms with Crippen LogP contribution in [0.3, 0.4) is 0 Å². The van der Waals surface area contributed by atoms with Crippen molar-refractivity contribution in [1.29, 1.82) is 0 Å². The van der Waals surface area contributed by atoms with Gasteiger partial charge in [0.25, 0.3) is 0 Å². The second-order valence-electron chi connectivity index (χ2n) is 4.12. The number of rotatable bonds is 5. The van der Waals surface area contributed by atoms with Gasteiger partial charge in [0, 0.05) is 25.0 Å². The number of aromatic nitrogens is 2. The summed E-state index contributed by atoms with van der Waals surface area (Å²) in [6.45, 7) is 6.58. The minimum atomic E-state index is -0.133. The molecule has 0 radical (unpaired) electrons. The summed E-state index contributed by atoms with van der Waals surface area (Å²) in [5.74, 6) is -0.133. The normalized spacial score (nSPS) is 10.8. The van der Waals surface area contributed by atoms with E-state index in [-0.39, 0.29) is 24.2 Å². The molecule has 1 aromatic heterocycles. The van der Waals surface area contributed by atoms with E-state index in [1.54, 1.807) is 17.0 Å². The van der Waals surface area contributed by atoms with E-state index in [2.05, 4.69) is 5.32 Å². The zero-order chi connectivity index (χ0) is 12.1. The largest absolute Gasteiger partial charge is 0.352 e. The smallest absolute Gasteiger partial charge is 0.328 e. The third-order valence-corrected chi connectivity index (χ3v) is 2.15. The van der Waals surface area contributed by atoms with Crippen molar-refractivity contribution in [2.24, 2.45) is 0 Å². The van der Waals surface area contributed by atoms with Crippen molar-refractivity contribution in [2.75, 3.05) is 0 Å². The molecule has 0 saturated heterocycles. The lowest BCUT2D eigenvalue weighted by atomic mass is 10.4. The maximum atomic E-state index is 11.7. The highest BCUT2D eigenvalue weighted by atomic mass is 16.2. The van der Waals surface area contributed by atoms with E-state index in [4.69, 9.17) is 0 Å². The molecule has 0 fully saturated rings. The molecule has 90 valence electrons. The zero-order valence-corrected chi connectivity index (χ0v) is 10.1. The minimum absolute atomic E-state index is 0.0910. The first-order chi connectivity index (χ1) is 7.54. The Morgan fingerprint density at radius 2 is 2.00 bits per heavy atom. The molecule has 0 unspecified atom stereocenters. The fraction of sp³-hybridized carbons (Fsp3) is 0.636. The van der Waals surface area contributed by atoms with E-state index in [0.29, 0.717) is 6.54 Å². The topological polar surface area (TPSA) is 56.0 Å². The number of hydrogen-bond acceptors (Lipinski definition) is 2. The minimum Gasteiger partial charge on any atom is -0.352 e. The van der Waals surface area contributed by atoms with E-state index in [9.17, 15) is 9.59 Å². The Labute approximate surface area is 95.1 Å². The van der Waals surface area contributed by atoms with Crippen LogP contribution in [0.5, 0.6) is 0 Å². The van der Waals surface area contributed by atoms with Crippen molar-refractivity contribution >= 4 is 5.91 Å². The van der Waals surface area contributed by atoms with Gasteiger partial charge in [-0.3, -0.25) is 13.9 Å². The number of carbonyl (C=O) groups is 1. The van der Waals surface area contributed by atoms with Crippen molar-refractivity contribution in [3.63, 3.8) is 0 Å². The van der Waals surface area contributed by atoms with Crippen LogP contribution in [0.15, 0.2) is 17.2 Å². The quantitative estimate of drug-likeness (QED) is 0.797. The van der Waals surface area contributed by atoms with Gasteiger partial charge in [-0.1, -0.05) is 6.92 Å². The Hall–Kier alpha value is -1.52. The second-order valence-corrected chi connectivity index (χ2v) is 4.12. The summed E-state index contributed by atoms with van der Waals surface area (Å²) in [7, 11) is 0. The fourth-order valence-electron chi connectivity index (χ4n) is 1.51. The molecule has 0 spiro atoms. The predicted molar refractivity (Wildman–Crippen MR) is 62.3 cm³/mol. The van der Waals surface area contributed by atoms with Gasteiger partial charge in [-0.2, -0.15) is 0 Å². The van der Waals surface area contributed by atoms with E-state index in [1.807, 2.05) is 20.8 Å². The van der Waals surface area contributed by atoms with Crippen LogP contribution in [0.4, 0.5) is 0 Å². The number of amides is 1. The highest BCUT2D eigenvalue weighted by Gasteiger charge is 2.08. The summed E-state index contributed by atoms with van der Waals surface area (Å²) >= 11 is 0. The van der Waals surface area contributed by atoms with Gasteiger partial charge in [-0.25, -0.2) is 4.79 Å². The van der Waals surface area contributed by atoms with Crippen molar-refractivity contribution < 1.29 is 4.79 Å². The molecule has 0 aliphatic carbocycles. The Kier molecular flexibility index (Phi) is 4.34. The van der Waals surface area contributed by atoms with Crippen LogP contribution < -0.4 is 11.0 Å². The molecule has 5 nitrogen and oxygen atoms in total. The summed E-state index contributed by atoms with van der Waals surface area (Å²) < 4.78 is 3.04. The van der Waals surface area contributed by atoms with Gasteiger partial charge >= 0.3 is 5.69 Å². The lowest BCUT2D eigenvalue weighted by Gasteiger charge is -2.07. The average Bonchev–Trinajstić information content (AvgIpc) is 2.49. The summed E-state index contributed by atoms with van der Waals surface area (Å²) in [6.07, 6.45) is 4.27. The van der Waals surface area contributed by atoms with Crippen molar-refractivity contribution in [1.82, 2.24) is 14.5 Å². The van der Waals surface area contributed by atoms with Crippen LogP contribution >= 0.6 is 0 Å². The lowest BCUT2D eigenvalue weighted by molar-refractivity contribution is -0.122. The molecule has 1 aromatic rings. The predicted octanol–water partition coefficient (Wildman–Crippen LogP) is 0.584. The fourth-order valence-corrected chi connectivity index (χ4v) is 1.51. The van der Waals surface area contributed by atoms with E-state index < -0.39 is 0 Å². The van der Waals surface area contributed by atoms with Gasteiger partial charge < -0.3 is 5.32 Å². The molecule has 0 bridgehead atoms. The highest BCUT2D eigenvalue weighted by molar-refractivity contribution is 5.75. The maximum Gasteiger partial charge on any atom is 0.328 e. The van der Waals surface area contributed by atoms with Gasteiger partial charge in [0.1, 0.15) is 6.54 Å².